The quantitative estimate of drug-likeness (QED) is 0.306. The minimum atomic E-state index is -0.0425. The second kappa shape index (κ2) is 9.67. The predicted octanol–water partition coefficient (Wildman–Crippen LogP) is 6.85. The molecule has 2 aromatic carbocycles. The standard InChI is InChI=1S/C30H32N4S/c1-20(2)24-13-15-25(16-14-24)34-29(28(32-30(34)35)27-12-8-9-17-31-27)26-18-21(3)33(22(26)4)19-23-10-6-5-7-11-23/h5-18,20,28-29H,19H2,1-4H3,(H,32,35)/t28-,29+/m0/s1. The van der Waals surface area contributed by atoms with Crippen LogP contribution >= 0.6 is 12.2 Å². The van der Waals surface area contributed by atoms with Gasteiger partial charge >= 0.3 is 0 Å². The minimum absolute atomic E-state index is 0.00183. The number of anilines is 1. The molecule has 2 atom stereocenters. The highest BCUT2D eigenvalue weighted by Crippen LogP contribution is 2.43. The Kier molecular flexibility index (Phi) is 6.44. The van der Waals surface area contributed by atoms with E-state index in [1.54, 1.807) is 0 Å². The van der Waals surface area contributed by atoms with Crippen LogP contribution in [-0.4, -0.2) is 14.7 Å². The molecule has 0 bridgehead atoms. The van der Waals surface area contributed by atoms with Crippen LogP contribution in [0, 0.1) is 13.8 Å². The molecular weight excluding hydrogens is 448 g/mol. The summed E-state index contributed by atoms with van der Waals surface area (Å²) in [5.74, 6) is 0.488. The minimum Gasteiger partial charge on any atom is -0.351 e. The van der Waals surface area contributed by atoms with E-state index in [-0.39, 0.29) is 12.1 Å². The third kappa shape index (κ3) is 4.48. The van der Waals surface area contributed by atoms with Gasteiger partial charge in [-0.15, -0.1) is 0 Å². The summed E-state index contributed by atoms with van der Waals surface area (Å²) in [4.78, 5) is 6.98. The monoisotopic (exact) mass is 480 g/mol. The van der Waals surface area contributed by atoms with Crippen molar-refractivity contribution in [3.05, 3.63) is 119 Å². The van der Waals surface area contributed by atoms with Gasteiger partial charge in [0.25, 0.3) is 0 Å². The molecule has 1 aliphatic heterocycles. The van der Waals surface area contributed by atoms with Crippen molar-refractivity contribution in [1.29, 1.82) is 0 Å². The van der Waals surface area contributed by atoms with E-state index in [9.17, 15) is 0 Å². The predicted molar refractivity (Wildman–Crippen MR) is 148 cm³/mol. The van der Waals surface area contributed by atoms with Crippen LogP contribution in [0.4, 0.5) is 5.69 Å². The van der Waals surface area contributed by atoms with Gasteiger partial charge in [-0.1, -0.05) is 62.4 Å². The van der Waals surface area contributed by atoms with Gasteiger partial charge in [-0.3, -0.25) is 4.98 Å². The van der Waals surface area contributed by atoms with Crippen molar-refractivity contribution in [2.24, 2.45) is 0 Å². The number of rotatable bonds is 6. The molecule has 35 heavy (non-hydrogen) atoms. The number of hydrogen-bond donors (Lipinski definition) is 1. The first-order chi connectivity index (χ1) is 16.9. The largest absolute Gasteiger partial charge is 0.351 e. The summed E-state index contributed by atoms with van der Waals surface area (Å²) in [6.07, 6.45) is 1.86. The normalized spacial score (nSPS) is 17.7. The molecule has 1 N–H and O–H groups in total. The van der Waals surface area contributed by atoms with Crippen LogP contribution in [0.3, 0.4) is 0 Å². The average Bonchev–Trinajstić information content (AvgIpc) is 3.36. The van der Waals surface area contributed by atoms with Gasteiger partial charge in [0.1, 0.15) is 0 Å². The van der Waals surface area contributed by atoms with Crippen LogP contribution in [0.15, 0.2) is 85.1 Å². The zero-order chi connectivity index (χ0) is 24.5. The van der Waals surface area contributed by atoms with Gasteiger partial charge in [0.15, 0.2) is 5.11 Å². The molecular formula is C30H32N4S. The van der Waals surface area contributed by atoms with Gasteiger partial charge in [0.05, 0.1) is 17.8 Å². The number of benzene rings is 2. The first-order valence-corrected chi connectivity index (χ1v) is 12.7. The fourth-order valence-corrected chi connectivity index (χ4v) is 5.45. The summed E-state index contributed by atoms with van der Waals surface area (Å²) < 4.78 is 2.40. The van der Waals surface area contributed by atoms with Crippen LogP contribution in [0.5, 0.6) is 0 Å². The van der Waals surface area contributed by atoms with Gasteiger partial charge in [-0.05, 0) is 79.0 Å². The van der Waals surface area contributed by atoms with Crippen molar-refractivity contribution >= 4 is 23.0 Å². The molecule has 5 heteroatoms. The maximum Gasteiger partial charge on any atom is 0.174 e. The molecule has 0 amide bonds. The second-order valence-corrected chi connectivity index (χ2v) is 10.0. The van der Waals surface area contributed by atoms with Crippen molar-refractivity contribution < 1.29 is 0 Å². The number of nitrogens with one attached hydrogen (secondary N) is 1. The van der Waals surface area contributed by atoms with Crippen LogP contribution in [0.2, 0.25) is 0 Å². The highest BCUT2D eigenvalue weighted by molar-refractivity contribution is 7.80. The fraction of sp³-hybridized carbons (Fsp3) is 0.267. The molecule has 0 saturated carbocycles. The summed E-state index contributed by atoms with van der Waals surface area (Å²) >= 11 is 5.93. The highest BCUT2D eigenvalue weighted by Gasteiger charge is 2.42. The third-order valence-electron chi connectivity index (χ3n) is 7.05. The molecule has 4 aromatic rings. The molecule has 2 aromatic heterocycles. The number of hydrogen-bond acceptors (Lipinski definition) is 2. The summed E-state index contributed by atoms with van der Waals surface area (Å²) in [5, 5.41) is 4.33. The molecule has 4 nitrogen and oxygen atoms in total. The SMILES string of the molecule is Cc1cc([C@@H]2[C@H](c3ccccn3)NC(=S)N2c2ccc(C(C)C)cc2)c(C)n1Cc1ccccc1. The lowest BCUT2D eigenvalue weighted by Gasteiger charge is -2.28. The fourth-order valence-electron chi connectivity index (χ4n) is 5.11. The first-order valence-electron chi connectivity index (χ1n) is 12.2. The van der Waals surface area contributed by atoms with Crippen LogP contribution < -0.4 is 10.2 Å². The molecule has 0 radical (unpaired) electrons. The Morgan fingerprint density at radius 1 is 0.943 bits per heavy atom. The van der Waals surface area contributed by atoms with E-state index in [4.69, 9.17) is 17.2 Å². The summed E-state index contributed by atoms with van der Waals surface area (Å²) in [6, 6.07) is 27.8. The Balaban J connectivity index is 1.60. The Bertz CT molecular complexity index is 1310. The zero-order valence-electron chi connectivity index (χ0n) is 20.8. The van der Waals surface area contributed by atoms with E-state index in [0.717, 1.165) is 23.0 Å². The maximum absolute atomic E-state index is 5.93. The van der Waals surface area contributed by atoms with Crippen LogP contribution in [0.25, 0.3) is 0 Å². The molecule has 3 heterocycles. The lowest BCUT2D eigenvalue weighted by molar-refractivity contribution is 0.563. The van der Waals surface area contributed by atoms with Crippen molar-refractivity contribution in [3.63, 3.8) is 0 Å². The van der Waals surface area contributed by atoms with Crippen molar-refractivity contribution in [2.45, 2.75) is 52.2 Å². The molecule has 0 aliphatic carbocycles. The summed E-state index contributed by atoms with van der Waals surface area (Å²) in [5.41, 5.74) is 8.49. The Hall–Kier alpha value is -3.44. The molecule has 1 aliphatic rings. The van der Waals surface area contributed by atoms with Crippen molar-refractivity contribution in [1.82, 2.24) is 14.9 Å². The summed E-state index contributed by atoms with van der Waals surface area (Å²) in [7, 11) is 0. The maximum atomic E-state index is 5.93. The molecule has 0 unspecified atom stereocenters. The second-order valence-electron chi connectivity index (χ2n) is 9.64. The Morgan fingerprint density at radius 2 is 1.66 bits per heavy atom. The number of thiocarbonyl (C=S) groups is 1. The van der Waals surface area contributed by atoms with Gasteiger partial charge in [-0.2, -0.15) is 0 Å². The topological polar surface area (TPSA) is 33.1 Å². The number of nitrogens with zero attached hydrogens (tertiary/aromatic N) is 3. The van der Waals surface area contributed by atoms with Crippen LogP contribution in [0.1, 0.15) is 65.6 Å². The zero-order valence-corrected chi connectivity index (χ0v) is 21.6. The lowest BCUT2D eigenvalue weighted by Crippen LogP contribution is -2.29. The van der Waals surface area contributed by atoms with Crippen molar-refractivity contribution in [2.75, 3.05) is 4.90 Å². The van der Waals surface area contributed by atoms with Crippen LogP contribution in [-0.2, 0) is 6.54 Å². The number of pyridine rings is 1. The van der Waals surface area contributed by atoms with E-state index in [0.29, 0.717) is 5.92 Å². The van der Waals surface area contributed by atoms with E-state index in [2.05, 4.69) is 109 Å². The van der Waals surface area contributed by atoms with Crippen molar-refractivity contribution in [3.8, 4) is 0 Å². The molecule has 5 rings (SSSR count). The highest BCUT2D eigenvalue weighted by atomic mass is 32.1. The van der Waals surface area contributed by atoms with E-state index in [1.165, 1.54) is 28.1 Å². The third-order valence-corrected chi connectivity index (χ3v) is 7.37. The first kappa shape index (κ1) is 23.3. The van der Waals surface area contributed by atoms with Gasteiger partial charge in [-0.25, -0.2) is 0 Å². The number of aromatic nitrogens is 2. The van der Waals surface area contributed by atoms with E-state index < -0.39 is 0 Å². The Morgan fingerprint density at radius 3 is 2.31 bits per heavy atom. The Labute approximate surface area is 213 Å². The molecule has 0 spiro atoms. The smallest absolute Gasteiger partial charge is 0.174 e. The summed E-state index contributed by atoms with van der Waals surface area (Å²) in [6.45, 7) is 9.71. The van der Waals surface area contributed by atoms with Gasteiger partial charge < -0.3 is 14.8 Å². The van der Waals surface area contributed by atoms with E-state index in [1.807, 2.05) is 18.3 Å². The van der Waals surface area contributed by atoms with E-state index >= 15 is 0 Å². The van der Waals surface area contributed by atoms with Gasteiger partial charge in [0, 0.05) is 29.8 Å². The average molecular weight is 481 g/mol. The number of aryl methyl sites for hydroxylation is 1. The van der Waals surface area contributed by atoms with Gasteiger partial charge in [0.2, 0.25) is 0 Å². The lowest BCUT2D eigenvalue weighted by atomic mass is 9.96. The molecule has 1 fully saturated rings. The molecule has 178 valence electrons. The molecule has 1 saturated heterocycles.